The number of alkyl halides is 4. The molecule has 0 spiro atoms. The van der Waals surface area contributed by atoms with Gasteiger partial charge in [-0.1, -0.05) is 22.0 Å². The van der Waals surface area contributed by atoms with E-state index in [-0.39, 0.29) is 10.2 Å². The molecule has 88 valence electrons. The topological polar surface area (TPSA) is 40.9 Å². The maximum absolute atomic E-state index is 12.6. The molecule has 2 nitrogen and oxygen atoms in total. The predicted molar refractivity (Wildman–Crippen MR) is 59.3 cm³/mol. The highest BCUT2D eigenvalue weighted by Gasteiger charge is 2.34. The first-order valence-corrected chi connectivity index (χ1v) is 6.41. The Bertz CT molecular complexity index is 433. The molecule has 0 bridgehead atoms. The molecule has 1 atom stereocenters. The van der Waals surface area contributed by atoms with Gasteiger partial charge in [0.15, 0.2) is 0 Å². The van der Waals surface area contributed by atoms with Gasteiger partial charge in [0.25, 0.3) is 0 Å². The Balaban J connectivity index is 3.39. The third-order valence-corrected chi connectivity index (χ3v) is 3.48. The Hall–Kier alpha value is -0.690. The van der Waals surface area contributed by atoms with E-state index in [1.165, 1.54) is 6.07 Å². The molecular formula is C9H7BrF3NOS. The number of hydrogen-bond acceptors (Lipinski definition) is 2. The summed E-state index contributed by atoms with van der Waals surface area (Å²) in [4.78, 5) is -0.382. The van der Waals surface area contributed by atoms with Crippen molar-refractivity contribution in [1.29, 1.82) is 5.41 Å². The SMILES string of the molecule is N=CS(=O)c1ccc(CBr)cc1C(F)(F)F. The smallest absolute Gasteiger partial charge is 0.299 e. The molecule has 16 heavy (non-hydrogen) atoms. The third-order valence-electron chi connectivity index (χ3n) is 1.83. The number of hydrogen-bond donors (Lipinski definition) is 1. The van der Waals surface area contributed by atoms with E-state index >= 15 is 0 Å². The van der Waals surface area contributed by atoms with Gasteiger partial charge in [0, 0.05) is 5.33 Å². The molecule has 0 heterocycles. The highest BCUT2D eigenvalue weighted by atomic mass is 79.9. The molecule has 0 radical (unpaired) electrons. The minimum Gasteiger partial charge on any atom is -0.299 e. The third kappa shape index (κ3) is 2.91. The van der Waals surface area contributed by atoms with E-state index in [9.17, 15) is 17.4 Å². The van der Waals surface area contributed by atoms with E-state index in [4.69, 9.17) is 5.41 Å². The van der Waals surface area contributed by atoms with Crippen molar-refractivity contribution in [2.75, 3.05) is 0 Å². The summed E-state index contributed by atoms with van der Waals surface area (Å²) >= 11 is 3.05. The van der Waals surface area contributed by atoms with E-state index in [1.54, 1.807) is 0 Å². The second-order valence-electron chi connectivity index (χ2n) is 2.88. The normalized spacial score (nSPS) is 13.5. The van der Waals surface area contributed by atoms with Gasteiger partial charge in [-0.25, -0.2) is 4.21 Å². The molecule has 0 fully saturated rings. The molecule has 0 amide bonds. The predicted octanol–water partition coefficient (Wildman–Crippen LogP) is 3.31. The summed E-state index contributed by atoms with van der Waals surface area (Å²) in [5.41, 5.74) is -0.0254. The zero-order valence-electron chi connectivity index (χ0n) is 7.84. The number of rotatable bonds is 3. The van der Waals surface area contributed by atoms with Crippen molar-refractivity contribution in [3.63, 3.8) is 0 Å². The fourth-order valence-electron chi connectivity index (χ4n) is 1.12. The standard InChI is InChI=1S/C9H7BrF3NOS/c10-4-6-1-2-8(16(15)5-14)7(3-6)9(11,12)13/h1-3,5,14H,4H2. The molecule has 1 aromatic carbocycles. The molecule has 0 aliphatic heterocycles. The van der Waals surface area contributed by atoms with Crippen LogP contribution in [0.2, 0.25) is 0 Å². The van der Waals surface area contributed by atoms with Crippen LogP contribution in [0.25, 0.3) is 0 Å². The lowest BCUT2D eigenvalue weighted by atomic mass is 10.1. The Morgan fingerprint density at radius 3 is 2.50 bits per heavy atom. The van der Waals surface area contributed by atoms with Crippen LogP contribution in [0.3, 0.4) is 0 Å². The van der Waals surface area contributed by atoms with E-state index in [0.717, 1.165) is 12.1 Å². The number of benzene rings is 1. The molecule has 7 heteroatoms. The van der Waals surface area contributed by atoms with Crippen LogP contribution in [0.4, 0.5) is 13.2 Å². The van der Waals surface area contributed by atoms with Gasteiger partial charge in [-0.15, -0.1) is 0 Å². The van der Waals surface area contributed by atoms with Gasteiger partial charge in [-0.2, -0.15) is 13.2 Å². The molecule has 1 N–H and O–H groups in total. The van der Waals surface area contributed by atoms with Gasteiger partial charge in [-0.3, -0.25) is 5.41 Å². The lowest BCUT2D eigenvalue weighted by Crippen LogP contribution is -2.11. The molecule has 0 aliphatic rings. The average molecular weight is 314 g/mol. The van der Waals surface area contributed by atoms with Crippen molar-refractivity contribution in [3.05, 3.63) is 29.3 Å². The van der Waals surface area contributed by atoms with Crippen molar-refractivity contribution >= 4 is 32.3 Å². The van der Waals surface area contributed by atoms with E-state index < -0.39 is 22.5 Å². The maximum Gasteiger partial charge on any atom is 0.417 e. The van der Waals surface area contributed by atoms with E-state index in [2.05, 4.69) is 15.9 Å². The van der Waals surface area contributed by atoms with Gasteiger partial charge in [0.2, 0.25) is 0 Å². The monoisotopic (exact) mass is 313 g/mol. The van der Waals surface area contributed by atoms with Crippen molar-refractivity contribution < 1.29 is 17.4 Å². The van der Waals surface area contributed by atoms with Gasteiger partial charge >= 0.3 is 6.18 Å². The van der Waals surface area contributed by atoms with Crippen molar-refractivity contribution in [3.8, 4) is 0 Å². The van der Waals surface area contributed by atoms with Gasteiger partial charge in [-0.05, 0) is 17.7 Å². The number of halogens is 4. The largest absolute Gasteiger partial charge is 0.417 e. The fraction of sp³-hybridized carbons (Fsp3) is 0.222. The van der Waals surface area contributed by atoms with Crippen molar-refractivity contribution in [2.24, 2.45) is 0 Å². The van der Waals surface area contributed by atoms with Crippen LogP contribution in [-0.4, -0.2) is 9.76 Å². The summed E-state index contributed by atoms with van der Waals surface area (Å²) < 4.78 is 49.1. The molecule has 1 rings (SSSR count). The minimum atomic E-state index is -4.56. The first-order valence-electron chi connectivity index (χ1n) is 4.07. The van der Waals surface area contributed by atoms with Crippen LogP contribution in [0, 0.1) is 5.41 Å². The van der Waals surface area contributed by atoms with Gasteiger partial charge in [0.05, 0.1) is 26.8 Å². The van der Waals surface area contributed by atoms with Crippen molar-refractivity contribution in [2.45, 2.75) is 16.4 Å². The molecule has 1 aromatic rings. The first-order chi connectivity index (χ1) is 7.40. The maximum atomic E-state index is 12.6. The summed E-state index contributed by atoms with van der Waals surface area (Å²) in [6.07, 6.45) is -4.56. The Morgan fingerprint density at radius 2 is 2.06 bits per heavy atom. The highest BCUT2D eigenvalue weighted by Crippen LogP contribution is 2.34. The summed E-state index contributed by atoms with van der Waals surface area (Å²) in [6.45, 7) is 0. The molecule has 0 aromatic heterocycles. The van der Waals surface area contributed by atoms with Crippen LogP contribution in [0.5, 0.6) is 0 Å². The van der Waals surface area contributed by atoms with Crippen molar-refractivity contribution in [1.82, 2.24) is 0 Å². The van der Waals surface area contributed by atoms with Crippen LogP contribution in [0.15, 0.2) is 23.1 Å². The average Bonchev–Trinajstić information content (AvgIpc) is 2.26. The molecule has 1 unspecified atom stereocenters. The van der Waals surface area contributed by atoms with Crippen LogP contribution in [-0.2, 0) is 22.3 Å². The fourth-order valence-corrected chi connectivity index (χ4v) is 2.19. The van der Waals surface area contributed by atoms with Crippen LogP contribution >= 0.6 is 15.9 Å². The minimum absolute atomic E-state index is 0.285. The zero-order valence-corrected chi connectivity index (χ0v) is 10.2. The lowest BCUT2D eigenvalue weighted by molar-refractivity contribution is -0.139. The van der Waals surface area contributed by atoms with Crippen LogP contribution in [0.1, 0.15) is 11.1 Å². The van der Waals surface area contributed by atoms with E-state index in [1.807, 2.05) is 0 Å². The van der Waals surface area contributed by atoms with Gasteiger partial charge < -0.3 is 0 Å². The number of nitrogens with one attached hydrogen (secondary N) is 1. The Morgan fingerprint density at radius 1 is 1.44 bits per heavy atom. The molecule has 0 saturated carbocycles. The van der Waals surface area contributed by atoms with Crippen LogP contribution < -0.4 is 0 Å². The van der Waals surface area contributed by atoms with Gasteiger partial charge in [0.1, 0.15) is 0 Å². The summed E-state index contributed by atoms with van der Waals surface area (Å²) in [6, 6.07) is 3.52. The summed E-state index contributed by atoms with van der Waals surface area (Å²) in [5, 5.41) is 7.03. The summed E-state index contributed by atoms with van der Waals surface area (Å²) in [7, 11) is -2.05. The second-order valence-corrected chi connectivity index (χ2v) is 4.71. The zero-order chi connectivity index (χ0) is 12.3. The summed E-state index contributed by atoms with van der Waals surface area (Å²) in [5.74, 6) is 0. The Labute approximate surface area is 101 Å². The lowest BCUT2D eigenvalue weighted by Gasteiger charge is -2.12. The second kappa shape index (κ2) is 5.09. The molecular weight excluding hydrogens is 307 g/mol. The Kier molecular flexibility index (Phi) is 4.26. The molecule has 0 saturated heterocycles. The van der Waals surface area contributed by atoms with E-state index in [0.29, 0.717) is 11.1 Å². The highest BCUT2D eigenvalue weighted by molar-refractivity contribution is 9.08. The quantitative estimate of drug-likeness (QED) is 0.519. The first kappa shape index (κ1) is 13.4. The molecule has 0 aliphatic carbocycles.